The monoisotopic (exact) mass is 598 g/mol. The first-order valence-corrected chi connectivity index (χ1v) is 15.8. The van der Waals surface area contributed by atoms with Gasteiger partial charge >= 0.3 is 11.9 Å². The summed E-state index contributed by atoms with van der Waals surface area (Å²) >= 11 is 0. The summed E-state index contributed by atoms with van der Waals surface area (Å²) < 4.78 is 17.3. The van der Waals surface area contributed by atoms with Crippen LogP contribution in [0.5, 0.6) is 0 Å². The van der Waals surface area contributed by atoms with E-state index in [-0.39, 0.29) is 13.0 Å². The minimum atomic E-state index is -1.26. The quantitative estimate of drug-likeness (QED) is 0.132. The maximum Gasteiger partial charge on any atom is 0.334 e. The fraction of sp³-hybridized carbons (Fsp3) is 0.474. The van der Waals surface area contributed by atoms with E-state index in [9.17, 15) is 14.7 Å². The van der Waals surface area contributed by atoms with Gasteiger partial charge in [0, 0.05) is 34.9 Å². The van der Waals surface area contributed by atoms with Crippen molar-refractivity contribution < 1.29 is 28.6 Å². The van der Waals surface area contributed by atoms with Crippen LogP contribution >= 0.6 is 0 Å². The van der Waals surface area contributed by atoms with Crippen molar-refractivity contribution >= 4 is 22.9 Å². The van der Waals surface area contributed by atoms with Gasteiger partial charge in [0.2, 0.25) is 0 Å². The fourth-order valence-corrected chi connectivity index (χ4v) is 5.85. The van der Waals surface area contributed by atoms with Crippen molar-refractivity contribution in [2.45, 2.75) is 79.2 Å². The van der Waals surface area contributed by atoms with E-state index in [0.29, 0.717) is 41.1 Å². The Morgan fingerprint density at radius 3 is 2.41 bits per heavy atom. The summed E-state index contributed by atoms with van der Waals surface area (Å²) in [6.07, 6.45) is 5.48. The van der Waals surface area contributed by atoms with Crippen LogP contribution in [-0.2, 0) is 25.5 Å². The maximum absolute atomic E-state index is 13.0. The van der Waals surface area contributed by atoms with Crippen LogP contribution in [-0.4, -0.2) is 35.9 Å². The molecule has 1 N–H and O–H groups in total. The van der Waals surface area contributed by atoms with E-state index < -0.39 is 30.1 Å². The van der Waals surface area contributed by atoms with Crippen LogP contribution in [0.4, 0.5) is 0 Å². The highest BCUT2D eigenvalue weighted by Gasteiger charge is 2.44. The van der Waals surface area contributed by atoms with Gasteiger partial charge in [0.15, 0.2) is 5.60 Å². The molecule has 0 radical (unpaired) electrons. The number of rotatable bonds is 12. The van der Waals surface area contributed by atoms with Crippen molar-refractivity contribution in [1.29, 1.82) is 0 Å². The number of hydrogen-bond donors (Lipinski definition) is 1. The van der Waals surface area contributed by atoms with Gasteiger partial charge in [-0.3, -0.25) is 4.79 Å². The minimum Gasteiger partial charge on any atom is -0.461 e. The predicted octanol–water partition coefficient (Wildman–Crippen LogP) is 7.57. The Balaban J connectivity index is 1.37. The molecule has 2 heterocycles. The molecule has 0 aliphatic carbocycles. The average molecular weight is 599 g/mol. The number of ether oxygens (including phenoxy) is 2. The standard InChI is InChI=1S/C38H46O6/c1-25(2)18-30(19-26(3)4)15-17-32-22-38(23-39,44-37(32)41)24-42-36(40)28(6)20-33-21-34-31(8-7-9-35(34)43-33)16-14-29-12-10-27(5)11-13-29/h7-13,17,21,25-26,28,30,39H,15,18-20,22-24H2,1-6H3/b32-17+/t28-,38-/m1/s1. The summed E-state index contributed by atoms with van der Waals surface area (Å²) in [6, 6.07) is 15.7. The number of allylic oxidation sites excluding steroid dienone is 1. The molecule has 6 nitrogen and oxygen atoms in total. The first kappa shape index (κ1) is 33.1. The SMILES string of the molecule is Cc1ccc(C#Cc2cccc3oc(C[C@@H](C)C(=O)OC[C@]4(CO)C/C(=C\CC(CC(C)C)CC(C)C)C(=O)O4)cc23)cc1. The molecule has 2 atom stereocenters. The van der Waals surface area contributed by atoms with Gasteiger partial charge in [0.05, 0.1) is 12.5 Å². The largest absolute Gasteiger partial charge is 0.461 e. The number of benzene rings is 2. The summed E-state index contributed by atoms with van der Waals surface area (Å²) in [5, 5.41) is 11.1. The van der Waals surface area contributed by atoms with Crippen molar-refractivity contribution in [2.75, 3.05) is 13.2 Å². The predicted molar refractivity (Wildman–Crippen MR) is 173 cm³/mol. The second-order valence-corrected chi connectivity index (χ2v) is 13.3. The number of esters is 2. The van der Waals surface area contributed by atoms with Gasteiger partial charge < -0.3 is 19.0 Å². The maximum atomic E-state index is 13.0. The summed E-state index contributed by atoms with van der Waals surface area (Å²) in [5.41, 5.74) is 2.97. The number of aryl methyl sites for hydroxylation is 1. The topological polar surface area (TPSA) is 86.0 Å². The highest BCUT2D eigenvalue weighted by Crippen LogP contribution is 2.33. The van der Waals surface area contributed by atoms with Crippen LogP contribution in [0.1, 0.15) is 82.8 Å². The van der Waals surface area contributed by atoms with Crippen molar-refractivity contribution in [3.63, 3.8) is 0 Å². The molecule has 6 heteroatoms. The first-order valence-electron chi connectivity index (χ1n) is 15.8. The molecular formula is C38H46O6. The average Bonchev–Trinajstić information content (AvgIpc) is 3.54. The third-order valence-electron chi connectivity index (χ3n) is 8.07. The number of cyclic esters (lactones) is 1. The van der Waals surface area contributed by atoms with Crippen molar-refractivity contribution in [3.05, 3.63) is 82.6 Å². The lowest BCUT2D eigenvalue weighted by molar-refractivity contribution is -0.168. The summed E-state index contributed by atoms with van der Waals surface area (Å²) in [6.45, 7) is 12.0. The summed E-state index contributed by atoms with van der Waals surface area (Å²) in [4.78, 5) is 25.7. The molecule has 234 valence electrons. The highest BCUT2D eigenvalue weighted by atomic mass is 16.6. The van der Waals surface area contributed by atoms with E-state index in [0.717, 1.165) is 35.8 Å². The van der Waals surface area contributed by atoms with Crippen molar-refractivity contribution in [3.8, 4) is 11.8 Å². The second kappa shape index (κ2) is 14.8. The zero-order valence-electron chi connectivity index (χ0n) is 26.9. The fourth-order valence-electron chi connectivity index (χ4n) is 5.85. The van der Waals surface area contributed by atoms with Gasteiger partial charge in [-0.25, -0.2) is 4.79 Å². The van der Waals surface area contributed by atoms with E-state index in [1.165, 1.54) is 5.56 Å². The van der Waals surface area contributed by atoms with Crippen LogP contribution in [0.3, 0.4) is 0 Å². The molecule has 4 rings (SSSR count). The molecule has 0 bridgehead atoms. The van der Waals surface area contributed by atoms with Crippen LogP contribution in [0, 0.1) is 42.4 Å². The summed E-state index contributed by atoms with van der Waals surface area (Å²) in [5.74, 6) is 7.34. The second-order valence-electron chi connectivity index (χ2n) is 13.3. The molecule has 1 aliphatic rings. The van der Waals surface area contributed by atoms with Crippen LogP contribution in [0.2, 0.25) is 0 Å². The number of aliphatic hydroxyl groups excluding tert-OH is 1. The lowest BCUT2D eigenvalue weighted by Gasteiger charge is -2.25. The Hall–Kier alpha value is -3.82. The molecule has 1 aliphatic heterocycles. The zero-order valence-corrected chi connectivity index (χ0v) is 26.9. The van der Waals surface area contributed by atoms with E-state index >= 15 is 0 Å². The van der Waals surface area contributed by atoms with Crippen molar-refractivity contribution in [2.24, 2.45) is 23.7 Å². The van der Waals surface area contributed by atoms with Gasteiger partial charge in [-0.1, -0.05) is 76.3 Å². The number of fused-ring (bicyclic) bond motifs is 1. The molecule has 44 heavy (non-hydrogen) atoms. The number of aliphatic hydroxyl groups is 1. The molecule has 0 amide bonds. The Morgan fingerprint density at radius 1 is 1.05 bits per heavy atom. The molecule has 1 saturated heterocycles. The normalized spacial score (nSPS) is 18.2. The number of hydrogen-bond acceptors (Lipinski definition) is 6. The lowest BCUT2D eigenvalue weighted by atomic mass is 9.86. The summed E-state index contributed by atoms with van der Waals surface area (Å²) in [7, 11) is 0. The van der Waals surface area contributed by atoms with Gasteiger partial charge in [0.1, 0.15) is 18.0 Å². The van der Waals surface area contributed by atoms with Crippen molar-refractivity contribution in [1.82, 2.24) is 0 Å². The molecule has 3 aromatic rings. The zero-order chi connectivity index (χ0) is 31.9. The van der Waals surface area contributed by atoms with E-state index in [1.54, 1.807) is 6.92 Å². The Bertz CT molecular complexity index is 1520. The smallest absolute Gasteiger partial charge is 0.334 e. The lowest BCUT2D eigenvalue weighted by Crippen LogP contribution is -2.40. The molecule has 0 unspecified atom stereocenters. The van der Waals surface area contributed by atoms with E-state index in [4.69, 9.17) is 13.9 Å². The third kappa shape index (κ3) is 8.86. The minimum absolute atomic E-state index is 0.198. The van der Waals surface area contributed by atoms with Gasteiger partial charge in [-0.15, -0.1) is 0 Å². The molecule has 0 spiro atoms. The molecule has 0 saturated carbocycles. The Labute approximate surface area is 261 Å². The Morgan fingerprint density at radius 2 is 1.75 bits per heavy atom. The number of carbonyl (C=O) groups excluding carboxylic acids is 2. The van der Waals surface area contributed by atoms with Gasteiger partial charge in [-0.05, 0) is 74.3 Å². The van der Waals surface area contributed by atoms with Gasteiger partial charge in [0.25, 0.3) is 0 Å². The van der Waals surface area contributed by atoms with Gasteiger partial charge in [-0.2, -0.15) is 0 Å². The number of carbonyl (C=O) groups is 2. The third-order valence-corrected chi connectivity index (χ3v) is 8.07. The van der Waals surface area contributed by atoms with E-state index in [1.807, 2.05) is 61.5 Å². The molecule has 2 aromatic carbocycles. The highest BCUT2D eigenvalue weighted by molar-refractivity contribution is 5.91. The van der Waals surface area contributed by atoms with E-state index in [2.05, 4.69) is 39.5 Å². The molecule has 1 aromatic heterocycles. The van der Waals surface area contributed by atoms with Crippen LogP contribution in [0.25, 0.3) is 11.0 Å². The molecular weight excluding hydrogens is 552 g/mol. The first-order chi connectivity index (χ1) is 21.0. The van der Waals surface area contributed by atoms with Crippen LogP contribution < -0.4 is 0 Å². The Kier molecular flexibility index (Phi) is 11.1. The number of furan rings is 1. The van der Waals surface area contributed by atoms with Crippen LogP contribution in [0.15, 0.2) is 64.6 Å². The molecule has 1 fully saturated rings.